The van der Waals surface area contributed by atoms with Crippen molar-refractivity contribution >= 4 is 28.5 Å². The van der Waals surface area contributed by atoms with Crippen LogP contribution in [0.3, 0.4) is 0 Å². The second kappa shape index (κ2) is 6.48. The number of carbonyl (C=O) groups excluding carboxylic acids is 2. The van der Waals surface area contributed by atoms with Crippen LogP contribution in [0, 0.1) is 0 Å². The highest BCUT2D eigenvalue weighted by molar-refractivity contribution is 6.63. The molecule has 0 aromatic heterocycles. The molecular weight excluding hydrogens is 234 g/mol. The molecule has 0 bridgehead atoms. The van der Waals surface area contributed by atoms with Crippen LogP contribution < -0.4 is 0 Å². The van der Waals surface area contributed by atoms with Gasteiger partial charge in [-0.25, -0.2) is 4.79 Å². The Hall–Kier alpha value is -1.10. The molecule has 1 atom stereocenters. The summed E-state index contributed by atoms with van der Waals surface area (Å²) in [5.41, 5.74) is 0.309. The van der Waals surface area contributed by atoms with Crippen LogP contribution in [-0.2, 0) is 19.2 Å². The van der Waals surface area contributed by atoms with Gasteiger partial charge in [-0.1, -0.05) is 5.16 Å². The SMILES string of the molecule is CCOC(=O)C1=NOC(CCCC(=O)Cl)C1. The fraction of sp³-hybridized carbons (Fsp3) is 0.700. The van der Waals surface area contributed by atoms with Gasteiger partial charge in [0.1, 0.15) is 6.10 Å². The van der Waals surface area contributed by atoms with Crippen molar-refractivity contribution in [2.45, 2.75) is 38.7 Å². The first-order valence-corrected chi connectivity index (χ1v) is 5.59. The summed E-state index contributed by atoms with van der Waals surface area (Å²) >= 11 is 5.20. The van der Waals surface area contributed by atoms with E-state index in [0.29, 0.717) is 38.0 Å². The van der Waals surface area contributed by atoms with Crippen molar-refractivity contribution in [2.75, 3.05) is 6.61 Å². The highest BCUT2D eigenvalue weighted by Crippen LogP contribution is 2.17. The molecule has 0 fully saturated rings. The number of rotatable bonds is 6. The number of hydrogen-bond donors (Lipinski definition) is 0. The minimum Gasteiger partial charge on any atom is -0.461 e. The first-order valence-electron chi connectivity index (χ1n) is 5.21. The van der Waals surface area contributed by atoms with Gasteiger partial charge in [-0.15, -0.1) is 0 Å². The van der Waals surface area contributed by atoms with E-state index in [9.17, 15) is 9.59 Å². The van der Waals surface area contributed by atoms with Crippen molar-refractivity contribution in [1.82, 2.24) is 0 Å². The van der Waals surface area contributed by atoms with Crippen LogP contribution >= 0.6 is 11.6 Å². The van der Waals surface area contributed by atoms with Crippen molar-refractivity contribution in [3.05, 3.63) is 0 Å². The maximum absolute atomic E-state index is 11.3. The summed E-state index contributed by atoms with van der Waals surface area (Å²) in [7, 11) is 0. The Bertz CT molecular complexity index is 303. The molecule has 1 rings (SSSR count). The third kappa shape index (κ3) is 4.18. The van der Waals surface area contributed by atoms with Crippen LogP contribution in [0.1, 0.15) is 32.6 Å². The number of oxime groups is 1. The van der Waals surface area contributed by atoms with Gasteiger partial charge < -0.3 is 9.57 Å². The zero-order valence-corrected chi connectivity index (χ0v) is 9.83. The zero-order valence-electron chi connectivity index (χ0n) is 9.07. The molecule has 16 heavy (non-hydrogen) atoms. The number of halogens is 1. The molecule has 0 saturated heterocycles. The van der Waals surface area contributed by atoms with E-state index in [-0.39, 0.29) is 11.3 Å². The Morgan fingerprint density at radius 1 is 1.62 bits per heavy atom. The normalized spacial score (nSPS) is 18.9. The molecule has 0 saturated carbocycles. The van der Waals surface area contributed by atoms with E-state index in [1.165, 1.54) is 0 Å². The molecule has 1 unspecified atom stereocenters. The van der Waals surface area contributed by atoms with Crippen molar-refractivity contribution in [2.24, 2.45) is 5.16 Å². The molecule has 1 aliphatic heterocycles. The molecule has 0 aliphatic carbocycles. The van der Waals surface area contributed by atoms with Gasteiger partial charge in [0.25, 0.3) is 0 Å². The van der Waals surface area contributed by atoms with Crippen LogP contribution in [-0.4, -0.2) is 29.6 Å². The van der Waals surface area contributed by atoms with E-state index in [1.54, 1.807) is 6.92 Å². The topological polar surface area (TPSA) is 65.0 Å². The van der Waals surface area contributed by atoms with E-state index >= 15 is 0 Å². The Labute approximate surface area is 98.7 Å². The first kappa shape index (κ1) is 13.0. The molecule has 1 heterocycles. The molecule has 1 aliphatic rings. The summed E-state index contributed by atoms with van der Waals surface area (Å²) in [5, 5.41) is 3.30. The van der Waals surface area contributed by atoms with Crippen molar-refractivity contribution < 1.29 is 19.2 Å². The van der Waals surface area contributed by atoms with Crippen LogP contribution in [0.25, 0.3) is 0 Å². The van der Waals surface area contributed by atoms with Crippen LogP contribution in [0.15, 0.2) is 5.16 Å². The van der Waals surface area contributed by atoms with Gasteiger partial charge in [0.05, 0.1) is 6.61 Å². The minimum absolute atomic E-state index is 0.143. The van der Waals surface area contributed by atoms with Crippen LogP contribution in [0.5, 0.6) is 0 Å². The average molecular weight is 248 g/mol. The Morgan fingerprint density at radius 3 is 3.00 bits per heavy atom. The lowest BCUT2D eigenvalue weighted by atomic mass is 10.1. The Balaban J connectivity index is 2.23. The van der Waals surface area contributed by atoms with Gasteiger partial charge in [0.2, 0.25) is 5.24 Å². The van der Waals surface area contributed by atoms with Gasteiger partial charge in [-0.05, 0) is 31.4 Å². The summed E-state index contributed by atoms with van der Waals surface area (Å²) in [6.45, 7) is 2.06. The van der Waals surface area contributed by atoms with Crippen molar-refractivity contribution in [3.8, 4) is 0 Å². The number of carbonyl (C=O) groups is 2. The number of nitrogens with zero attached hydrogens (tertiary/aromatic N) is 1. The molecule has 90 valence electrons. The lowest BCUT2D eigenvalue weighted by Crippen LogP contribution is -2.18. The number of esters is 1. The molecule has 0 radical (unpaired) electrons. The van der Waals surface area contributed by atoms with Crippen molar-refractivity contribution in [1.29, 1.82) is 0 Å². The van der Waals surface area contributed by atoms with E-state index in [2.05, 4.69) is 5.16 Å². The Morgan fingerprint density at radius 2 is 2.38 bits per heavy atom. The predicted octanol–water partition coefficient (Wildman–Crippen LogP) is 1.63. The quantitative estimate of drug-likeness (QED) is 0.529. The third-order valence-electron chi connectivity index (χ3n) is 2.14. The second-order valence-corrected chi connectivity index (χ2v) is 3.86. The standard InChI is InChI=1S/C10H14ClNO4/c1-2-15-10(14)8-6-7(16-12-8)4-3-5-9(11)13/h7H,2-6H2,1H3. The molecule has 6 heteroatoms. The van der Waals surface area contributed by atoms with E-state index < -0.39 is 5.97 Å². The summed E-state index contributed by atoms with van der Waals surface area (Å²) in [5.74, 6) is -0.432. The van der Waals surface area contributed by atoms with E-state index in [0.717, 1.165) is 0 Å². The summed E-state index contributed by atoms with van der Waals surface area (Å²) in [4.78, 5) is 26.8. The van der Waals surface area contributed by atoms with Gasteiger partial charge in [0.15, 0.2) is 5.71 Å². The maximum Gasteiger partial charge on any atom is 0.356 e. The Kier molecular flexibility index (Phi) is 5.25. The van der Waals surface area contributed by atoms with Gasteiger partial charge in [-0.2, -0.15) is 0 Å². The van der Waals surface area contributed by atoms with Crippen LogP contribution in [0.2, 0.25) is 0 Å². The van der Waals surface area contributed by atoms with Gasteiger partial charge in [-0.3, -0.25) is 4.79 Å². The zero-order chi connectivity index (χ0) is 12.0. The van der Waals surface area contributed by atoms with E-state index in [4.69, 9.17) is 21.2 Å². The predicted molar refractivity (Wildman–Crippen MR) is 58.3 cm³/mol. The summed E-state index contributed by atoms with van der Waals surface area (Å²) < 4.78 is 4.79. The molecule has 0 aromatic carbocycles. The lowest BCUT2D eigenvalue weighted by Gasteiger charge is -2.05. The summed E-state index contributed by atoms with van der Waals surface area (Å²) in [6.07, 6.45) is 1.91. The molecular formula is C10H14ClNO4. The fourth-order valence-corrected chi connectivity index (χ4v) is 1.52. The minimum atomic E-state index is -0.432. The highest BCUT2D eigenvalue weighted by Gasteiger charge is 2.26. The molecule has 0 spiro atoms. The maximum atomic E-state index is 11.3. The monoisotopic (exact) mass is 247 g/mol. The number of ether oxygens (including phenoxy) is 1. The molecule has 5 nitrogen and oxygen atoms in total. The largest absolute Gasteiger partial charge is 0.461 e. The summed E-state index contributed by atoms with van der Waals surface area (Å²) in [6, 6.07) is 0. The van der Waals surface area contributed by atoms with Gasteiger partial charge in [0, 0.05) is 12.8 Å². The lowest BCUT2D eigenvalue weighted by molar-refractivity contribution is -0.135. The fourth-order valence-electron chi connectivity index (χ4n) is 1.39. The molecule has 0 aromatic rings. The smallest absolute Gasteiger partial charge is 0.356 e. The van der Waals surface area contributed by atoms with Crippen LogP contribution in [0.4, 0.5) is 0 Å². The molecule has 0 N–H and O–H groups in total. The average Bonchev–Trinajstić information content (AvgIpc) is 2.66. The highest BCUT2D eigenvalue weighted by atomic mass is 35.5. The molecule has 0 amide bonds. The van der Waals surface area contributed by atoms with E-state index in [1.807, 2.05) is 0 Å². The second-order valence-electron chi connectivity index (χ2n) is 3.44. The van der Waals surface area contributed by atoms with Gasteiger partial charge >= 0.3 is 5.97 Å². The number of hydrogen-bond acceptors (Lipinski definition) is 5. The third-order valence-corrected chi connectivity index (χ3v) is 2.33. The first-order chi connectivity index (χ1) is 7.63. The van der Waals surface area contributed by atoms with Crippen molar-refractivity contribution in [3.63, 3.8) is 0 Å².